The van der Waals surface area contributed by atoms with Crippen LogP contribution in [0.5, 0.6) is 0 Å². The van der Waals surface area contributed by atoms with Gasteiger partial charge in [-0.25, -0.2) is 8.78 Å². The standard InChI is InChI=1S/C18H18F2N4O/c1-3-17-22-16(23-25-17)11-24(2)18(12-5-4-8-21-10-12)14-7-6-13(19)9-15(14)20/h4-10,18H,3,11H2,1-2H3. The molecule has 2 aromatic heterocycles. The zero-order valence-electron chi connectivity index (χ0n) is 14.0. The Morgan fingerprint density at radius 2 is 2.08 bits per heavy atom. The molecule has 2 heterocycles. The Kier molecular flexibility index (Phi) is 5.14. The summed E-state index contributed by atoms with van der Waals surface area (Å²) in [6.07, 6.45) is 3.96. The van der Waals surface area contributed by atoms with Gasteiger partial charge in [-0.05, 0) is 24.7 Å². The molecule has 0 saturated heterocycles. The van der Waals surface area contributed by atoms with Crippen LogP contribution in [0.4, 0.5) is 8.78 Å². The minimum atomic E-state index is -0.611. The molecule has 0 amide bonds. The zero-order chi connectivity index (χ0) is 17.8. The highest BCUT2D eigenvalue weighted by Crippen LogP contribution is 2.30. The molecule has 3 rings (SSSR count). The summed E-state index contributed by atoms with van der Waals surface area (Å²) in [4.78, 5) is 10.3. The highest BCUT2D eigenvalue weighted by Gasteiger charge is 2.24. The van der Waals surface area contributed by atoms with E-state index in [9.17, 15) is 8.78 Å². The molecule has 7 heteroatoms. The van der Waals surface area contributed by atoms with E-state index in [4.69, 9.17) is 4.52 Å². The third-order valence-electron chi connectivity index (χ3n) is 3.90. The van der Waals surface area contributed by atoms with E-state index in [-0.39, 0.29) is 0 Å². The number of halogens is 2. The van der Waals surface area contributed by atoms with Crippen molar-refractivity contribution >= 4 is 0 Å². The summed E-state index contributed by atoms with van der Waals surface area (Å²) in [6, 6.07) is 6.76. The maximum absolute atomic E-state index is 14.4. The van der Waals surface area contributed by atoms with E-state index in [1.807, 2.05) is 24.9 Å². The fourth-order valence-corrected chi connectivity index (χ4v) is 2.74. The topological polar surface area (TPSA) is 55.1 Å². The van der Waals surface area contributed by atoms with E-state index in [1.54, 1.807) is 18.5 Å². The van der Waals surface area contributed by atoms with Gasteiger partial charge >= 0.3 is 0 Å². The zero-order valence-corrected chi connectivity index (χ0v) is 14.0. The summed E-state index contributed by atoms with van der Waals surface area (Å²) in [5.41, 5.74) is 1.14. The molecule has 1 aromatic carbocycles. The lowest BCUT2D eigenvalue weighted by molar-refractivity contribution is 0.253. The number of pyridine rings is 1. The van der Waals surface area contributed by atoms with Crippen molar-refractivity contribution in [3.05, 3.63) is 77.2 Å². The largest absolute Gasteiger partial charge is 0.339 e. The van der Waals surface area contributed by atoms with Crippen molar-refractivity contribution in [1.29, 1.82) is 0 Å². The first kappa shape index (κ1) is 17.2. The lowest BCUT2D eigenvalue weighted by Crippen LogP contribution is -2.26. The molecule has 0 bridgehead atoms. The molecule has 0 fully saturated rings. The Hall–Kier alpha value is -2.67. The van der Waals surface area contributed by atoms with E-state index >= 15 is 0 Å². The van der Waals surface area contributed by atoms with Crippen LogP contribution in [0.1, 0.15) is 35.8 Å². The van der Waals surface area contributed by atoms with Crippen LogP contribution >= 0.6 is 0 Å². The normalized spacial score (nSPS) is 12.5. The van der Waals surface area contributed by atoms with Crippen molar-refractivity contribution in [2.24, 2.45) is 0 Å². The SMILES string of the molecule is CCc1nc(CN(C)C(c2cccnc2)c2ccc(F)cc2F)no1. The summed E-state index contributed by atoms with van der Waals surface area (Å²) in [7, 11) is 1.82. The van der Waals surface area contributed by atoms with Crippen molar-refractivity contribution in [3.8, 4) is 0 Å². The number of aryl methyl sites for hydroxylation is 1. The lowest BCUT2D eigenvalue weighted by Gasteiger charge is -2.28. The van der Waals surface area contributed by atoms with Gasteiger partial charge in [0.05, 0.1) is 12.6 Å². The summed E-state index contributed by atoms with van der Waals surface area (Å²) < 4.78 is 32.8. The second kappa shape index (κ2) is 7.48. The molecule has 1 atom stereocenters. The van der Waals surface area contributed by atoms with Crippen LogP contribution in [0.15, 0.2) is 47.2 Å². The smallest absolute Gasteiger partial charge is 0.226 e. The van der Waals surface area contributed by atoms with E-state index in [0.29, 0.717) is 30.2 Å². The molecular weight excluding hydrogens is 326 g/mol. The number of hydrogen-bond acceptors (Lipinski definition) is 5. The predicted molar refractivity (Wildman–Crippen MR) is 87.6 cm³/mol. The number of aromatic nitrogens is 3. The van der Waals surface area contributed by atoms with Gasteiger partial charge in [0.25, 0.3) is 0 Å². The number of hydrogen-bond donors (Lipinski definition) is 0. The second-order valence-corrected chi connectivity index (χ2v) is 5.73. The Bertz CT molecular complexity index is 838. The summed E-state index contributed by atoms with van der Waals surface area (Å²) in [5, 5.41) is 3.94. The Balaban J connectivity index is 1.95. The molecule has 5 nitrogen and oxygen atoms in total. The van der Waals surface area contributed by atoms with Gasteiger partial charge in [0, 0.05) is 30.4 Å². The van der Waals surface area contributed by atoms with Crippen LogP contribution in [0.3, 0.4) is 0 Å². The molecule has 0 aliphatic rings. The van der Waals surface area contributed by atoms with Crippen molar-refractivity contribution in [2.45, 2.75) is 25.9 Å². The molecular formula is C18H18F2N4O. The van der Waals surface area contributed by atoms with Crippen molar-refractivity contribution in [1.82, 2.24) is 20.0 Å². The van der Waals surface area contributed by atoms with Crippen LogP contribution in [0.25, 0.3) is 0 Å². The minimum Gasteiger partial charge on any atom is -0.339 e. The fraction of sp³-hybridized carbons (Fsp3) is 0.278. The molecule has 3 aromatic rings. The predicted octanol–water partition coefficient (Wildman–Crippen LogP) is 3.53. The molecule has 130 valence electrons. The first-order chi connectivity index (χ1) is 12.1. The van der Waals surface area contributed by atoms with Gasteiger partial charge in [0.15, 0.2) is 5.82 Å². The van der Waals surface area contributed by atoms with Crippen LogP contribution in [-0.4, -0.2) is 27.1 Å². The van der Waals surface area contributed by atoms with Gasteiger partial charge in [0.2, 0.25) is 5.89 Å². The van der Waals surface area contributed by atoms with E-state index in [2.05, 4.69) is 15.1 Å². The van der Waals surface area contributed by atoms with E-state index in [0.717, 1.165) is 11.6 Å². The highest BCUT2D eigenvalue weighted by atomic mass is 19.1. The average molecular weight is 344 g/mol. The van der Waals surface area contributed by atoms with Gasteiger partial charge in [-0.2, -0.15) is 4.98 Å². The summed E-state index contributed by atoms with van der Waals surface area (Å²) >= 11 is 0. The van der Waals surface area contributed by atoms with Gasteiger partial charge in [0.1, 0.15) is 11.6 Å². The van der Waals surface area contributed by atoms with Crippen molar-refractivity contribution < 1.29 is 13.3 Å². The molecule has 0 saturated carbocycles. The molecule has 0 N–H and O–H groups in total. The number of benzene rings is 1. The molecule has 0 aliphatic heterocycles. The third-order valence-corrected chi connectivity index (χ3v) is 3.90. The fourth-order valence-electron chi connectivity index (χ4n) is 2.74. The van der Waals surface area contributed by atoms with E-state index in [1.165, 1.54) is 12.1 Å². The number of nitrogens with zero attached hydrogens (tertiary/aromatic N) is 4. The van der Waals surface area contributed by atoms with Gasteiger partial charge in [-0.15, -0.1) is 0 Å². The second-order valence-electron chi connectivity index (χ2n) is 5.73. The first-order valence-electron chi connectivity index (χ1n) is 7.95. The quantitative estimate of drug-likeness (QED) is 0.685. The first-order valence-corrected chi connectivity index (χ1v) is 7.95. The van der Waals surface area contributed by atoms with Gasteiger partial charge in [-0.1, -0.05) is 24.2 Å². The van der Waals surface area contributed by atoms with Crippen LogP contribution in [0, 0.1) is 11.6 Å². The molecule has 0 spiro atoms. The van der Waals surface area contributed by atoms with Gasteiger partial charge in [-0.3, -0.25) is 9.88 Å². The van der Waals surface area contributed by atoms with Gasteiger partial charge < -0.3 is 4.52 Å². The summed E-state index contributed by atoms with van der Waals surface area (Å²) in [6.45, 7) is 2.27. The van der Waals surface area contributed by atoms with Crippen LogP contribution in [0.2, 0.25) is 0 Å². The van der Waals surface area contributed by atoms with Crippen molar-refractivity contribution in [2.75, 3.05) is 7.05 Å². The molecule has 25 heavy (non-hydrogen) atoms. The maximum atomic E-state index is 14.4. The number of rotatable bonds is 6. The third kappa shape index (κ3) is 3.88. The lowest BCUT2D eigenvalue weighted by atomic mass is 9.98. The maximum Gasteiger partial charge on any atom is 0.226 e. The van der Waals surface area contributed by atoms with E-state index < -0.39 is 17.7 Å². The van der Waals surface area contributed by atoms with Crippen molar-refractivity contribution in [3.63, 3.8) is 0 Å². The van der Waals surface area contributed by atoms with Crippen LogP contribution < -0.4 is 0 Å². The highest BCUT2D eigenvalue weighted by molar-refractivity contribution is 5.31. The Labute approximate surface area is 144 Å². The molecule has 1 unspecified atom stereocenters. The summed E-state index contributed by atoms with van der Waals surface area (Å²) in [5.74, 6) is -0.160. The minimum absolute atomic E-state index is 0.347. The molecule has 0 aliphatic carbocycles. The Morgan fingerprint density at radius 3 is 2.72 bits per heavy atom. The Morgan fingerprint density at radius 1 is 1.24 bits per heavy atom. The average Bonchev–Trinajstić information content (AvgIpc) is 3.05. The van der Waals surface area contributed by atoms with Crippen LogP contribution in [-0.2, 0) is 13.0 Å². The molecule has 0 radical (unpaired) electrons. The monoisotopic (exact) mass is 344 g/mol.